The van der Waals surface area contributed by atoms with Gasteiger partial charge < -0.3 is 10.2 Å². The Bertz CT molecular complexity index is 1040. The molecule has 2 aromatic rings. The first-order valence-electron chi connectivity index (χ1n) is 10.1. The fourth-order valence-electron chi connectivity index (χ4n) is 3.63. The number of pyridine rings is 1. The maximum atomic E-state index is 13.8. The zero-order valence-electron chi connectivity index (χ0n) is 16.8. The van der Waals surface area contributed by atoms with Gasteiger partial charge in [0.05, 0.1) is 6.04 Å². The Hall–Kier alpha value is -2.52. The second-order valence-corrected chi connectivity index (χ2v) is 9.71. The first kappa shape index (κ1) is 20.7. The molecule has 0 radical (unpaired) electrons. The van der Waals surface area contributed by atoms with Crippen LogP contribution in [0.25, 0.3) is 0 Å². The minimum atomic E-state index is -3.57. The number of fused-ring (bicyclic) bond motifs is 1. The van der Waals surface area contributed by atoms with Crippen LogP contribution in [0.1, 0.15) is 43.4 Å². The van der Waals surface area contributed by atoms with E-state index in [1.54, 1.807) is 17.0 Å². The van der Waals surface area contributed by atoms with Crippen molar-refractivity contribution in [1.82, 2.24) is 14.6 Å². The molecule has 1 unspecified atom stereocenters. The molecule has 1 fully saturated rings. The Kier molecular flexibility index (Phi) is 5.75. The molecule has 1 aliphatic heterocycles. The van der Waals surface area contributed by atoms with E-state index in [4.69, 9.17) is 0 Å². The van der Waals surface area contributed by atoms with Crippen LogP contribution in [-0.4, -0.2) is 37.3 Å². The van der Waals surface area contributed by atoms with E-state index in [1.807, 2.05) is 0 Å². The fourth-order valence-corrected chi connectivity index (χ4v) is 4.69. The van der Waals surface area contributed by atoms with Crippen LogP contribution in [0, 0.1) is 11.7 Å². The summed E-state index contributed by atoms with van der Waals surface area (Å²) in [5, 5.41) is 3.31. The van der Waals surface area contributed by atoms with E-state index in [-0.39, 0.29) is 22.7 Å². The molecule has 1 aromatic carbocycles. The number of anilines is 1. The van der Waals surface area contributed by atoms with Crippen molar-refractivity contribution in [3.05, 3.63) is 53.5 Å². The number of benzene rings is 1. The molecule has 2 aliphatic rings. The number of aromatic nitrogens is 1. The van der Waals surface area contributed by atoms with E-state index in [1.165, 1.54) is 31.3 Å². The number of hydrogen-bond acceptors (Lipinski definition) is 5. The van der Waals surface area contributed by atoms with Crippen LogP contribution < -0.4 is 10.0 Å². The predicted molar refractivity (Wildman–Crippen MR) is 111 cm³/mol. The summed E-state index contributed by atoms with van der Waals surface area (Å²) in [5.41, 5.74) is 1.66. The zero-order valence-corrected chi connectivity index (χ0v) is 17.6. The van der Waals surface area contributed by atoms with E-state index < -0.39 is 10.0 Å². The fraction of sp³-hybridized carbons (Fsp3) is 0.429. The van der Waals surface area contributed by atoms with Crippen LogP contribution >= 0.6 is 0 Å². The van der Waals surface area contributed by atoms with Gasteiger partial charge in [-0.25, -0.2) is 22.5 Å². The summed E-state index contributed by atoms with van der Waals surface area (Å²) in [5.74, 6) is 0.567. The lowest BCUT2D eigenvalue weighted by Gasteiger charge is -2.20. The van der Waals surface area contributed by atoms with E-state index in [0.717, 1.165) is 24.0 Å². The minimum Gasteiger partial charge on any atom is -0.363 e. The lowest BCUT2D eigenvalue weighted by Crippen LogP contribution is -2.28. The molecule has 1 atom stereocenters. The monoisotopic (exact) mass is 432 g/mol. The van der Waals surface area contributed by atoms with Crippen LogP contribution in [0.2, 0.25) is 0 Å². The summed E-state index contributed by atoms with van der Waals surface area (Å²) in [6.07, 6.45) is 4.10. The van der Waals surface area contributed by atoms with Gasteiger partial charge in [-0.05, 0) is 60.6 Å². The van der Waals surface area contributed by atoms with Crippen molar-refractivity contribution in [2.75, 3.05) is 18.4 Å². The van der Waals surface area contributed by atoms with Crippen molar-refractivity contribution in [2.24, 2.45) is 5.92 Å². The number of hydrogen-bond donors (Lipinski definition) is 2. The molecular weight excluding hydrogens is 407 g/mol. The number of sulfonamides is 1. The Labute approximate surface area is 175 Å². The van der Waals surface area contributed by atoms with E-state index in [2.05, 4.69) is 15.0 Å². The van der Waals surface area contributed by atoms with Gasteiger partial charge in [0.15, 0.2) is 0 Å². The third kappa shape index (κ3) is 4.79. The summed E-state index contributed by atoms with van der Waals surface area (Å²) < 4.78 is 41.1. The van der Waals surface area contributed by atoms with Gasteiger partial charge in [-0.15, -0.1) is 0 Å². The number of carbonyl (C=O) groups excluding carboxylic acids is 1. The maximum absolute atomic E-state index is 13.8. The number of carbonyl (C=O) groups is 1. The van der Waals surface area contributed by atoms with Crippen LogP contribution in [0.3, 0.4) is 0 Å². The van der Waals surface area contributed by atoms with E-state index in [9.17, 15) is 17.6 Å². The normalized spacial score (nSPS) is 19.1. The summed E-state index contributed by atoms with van der Waals surface area (Å²) >= 11 is 0. The molecule has 160 valence electrons. The summed E-state index contributed by atoms with van der Waals surface area (Å²) in [7, 11) is -3.57. The molecule has 7 nitrogen and oxygen atoms in total. The molecule has 1 aliphatic carbocycles. The van der Waals surface area contributed by atoms with Gasteiger partial charge >= 0.3 is 0 Å². The Balaban J connectivity index is 1.51. The molecule has 1 saturated carbocycles. The molecule has 2 heterocycles. The summed E-state index contributed by atoms with van der Waals surface area (Å²) in [6, 6.07) is 7.57. The highest BCUT2D eigenvalue weighted by molar-refractivity contribution is 7.89. The van der Waals surface area contributed by atoms with Gasteiger partial charge in [-0.2, -0.15) is 0 Å². The number of rotatable bonds is 6. The molecular formula is C21H25FN4O3S. The Morgan fingerprint density at radius 3 is 2.70 bits per heavy atom. The van der Waals surface area contributed by atoms with Crippen LogP contribution in [0.4, 0.5) is 10.2 Å². The molecule has 1 aromatic heterocycles. The zero-order chi connectivity index (χ0) is 21.3. The number of amides is 1. The van der Waals surface area contributed by atoms with Crippen molar-refractivity contribution in [2.45, 2.75) is 43.7 Å². The van der Waals surface area contributed by atoms with E-state index in [0.29, 0.717) is 37.8 Å². The van der Waals surface area contributed by atoms with Crippen molar-refractivity contribution >= 4 is 21.7 Å². The van der Waals surface area contributed by atoms with Crippen molar-refractivity contribution in [1.29, 1.82) is 0 Å². The number of halogens is 1. The van der Waals surface area contributed by atoms with Gasteiger partial charge in [0.2, 0.25) is 15.9 Å². The van der Waals surface area contributed by atoms with E-state index >= 15 is 0 Å². The molecule has 0 bridgehead atoms. The average Bonchev–Trinajstić information content (AvgIpc) is 3.54. The van der Waals surface area contributed by atoms with Crippen LogP contribution in [-0.2, 0) is 21.4 Å². The maximum Gasteiger partial charge on any atom is 0.242 e. The highest BCUT2D eigenvalue weighted by Crippen LogP contribution is 2.31. The lowest BCUT2D eigenvalue weighted by molar-refractivity contribution is -0.129. The molecule has 9 heteroatoms. The highest BCUT2D eigenvalue weighted by Gasteiger charge is 2.26. The van der Waals surface area contributed by atoms with Crippen LogP contribution in [0.15, 0.2) is 41.4 Å². The first-order chi connectivity index (χ1) is 14.3. The third-order valence-corrected chi connectivity index (χ3v) is 7.01. The second-order valence-electron chi connectivity index (χ2n) is 7.94. The molecule has 2 N–H and O–H groups in total. The average molecular weight is 433 g/mol. The van der Waals surface area contributed by atoms with Gasteiger partial charge in [-0.1, -0.05) is 6.07 Å². The number of nitrogens with zero attached hydrogens (tertiary/aromatic N) is 2. The predicted octanol–water partition coefficient (Wildman–Crippen LogP) is 2.81. The SMILES string of the molecule is CC(=O)N1CCC(Nc2ccc(S(=O)(=O)NCC3CC3)cn2)c2ccc(F)cc2C1. The first-order valence-corrected chi connectivity index (χ1v) is 11.6. The molecule has 0 saturated heterocycles. The molecule has 0 spiro atoms. The molecule has 4 rings (SSSR count). The topological polar surface area (TPSA) is 91.4 Å². The third-order valence-electron chi connectivity index (χ3n) is 5.60. The Morgan fingerprint density at radius 1 is 1.23 bits per heavy atom. The number of nitrogens with one attached hydrogen (secondary N) is 2. The highest BCUT2D eigenvalue weighted by atomic mass is 32.2. The quantitative estimate of drug-likeness (QED) is 0.733. The second kappa shape index (κ2) is 8.31. The smallest absolute Gasteiger partial charge is 0.242 e. The van der Waals surface area contributed by atoms with Gasteiger partial charge in [0, 0.05) is 32.8 Å². The van der Waals surface area contributed by atoms with Gasteiger partial charge in [0.25, 0.3) is 0 Å². The van der Waals surface area contributed by atoms with Gasteiger partial charge in [-0.3, -0.25) is 4.79 Å². The van der Waals surface area contributed by atoms with Crippen molar-refractivity contribution in [3.63, 3.8) is 0 Å². The molecule has 30 heavy (non-hydrogen) atoms. The largest absolute Gasteiger partial charge is 0.363 e. The van der Waals surface area contributed by atoms with Crippen molar-refractivity contribution in [3.8, 4) is 0 Å². The summed E-state index contributed by atoms with van der Waals surface area (Å²) in [6.45, 7) is 2.85. The Morgan fingerprint density at radius 2 is 2.03 bits per heavy atom. The molecule has 1 amide bonds. The standard InChI is InChI=1S/C21H25FN4O3S/c1-14(27)26-9-8-20(19-6-4-17(22)10-16(19)13-26)25-21-7-5-18(12-23-21)30(28,29)24-11-15-2-3-15/h4-7,10,12,15,20,24H,2-3,8-9,11,13H2,1H3,(H,23,25). The summed E-state index contributed by atoms with van der Waals surface area (Å²) in [4.78, 5) is 18.0. The van der Waals surface area contributed by atoms with Crippen molar-refractivity contribution < 1.29 is 17.6 Å². The van der Waals surface area contributed by atoms with Crippen LogP contribution in [0.5, 0.6) is 0 Å². The minimum absolute atomic E-state index is 0.0581. The lowest BCUT2D eigenvalue weighted by atomic mass is 9.99. The van der Waals surface area contributed by atoms with Gasteiger partial charge in [0.1, 0.15) is 16.5 Å².